The molecule has 2 N–H and O–H groups in total. The number of rotatable bonds is 3. The van der Waals surface area contributed by atoms with Crippen LogP contribution in [0.25, 0.3) is 0 Å². The SMILES string of the molecule is O=S(=O)(Nc1ccncc1F)c1ccc2c(c1)CCN2. The zero-order valence-electron chi connectivity index (χ0n) is 10.4. The van der Waals surface area contributed by atoms with E-state index < -0.39 is 15.8 Å². The molecule has 0 saturated carbocycles. The minimum absolute atomic E-state index is 0.112. The van der Waals surface area contributed by atoms with Crippen LogP contribution in [0.2, 0.25) is 0 Å². The van der Waals surface area contributed by atoms with Crippen LogP contribution < -0.4 is 10.0 Å². The molecule has 0 spiro atoms. The zero-order chi connectivity index (χ0) is 14.2. The molecule has 0 amide bonds. The number of fused-ring (bicyclic) bond motifs is 1. The van der Waals surface area contributed by atoms with E-state index in [1.807, 2.05) is 0 Å². The minimum Gasteiger partial charge on any atom is -0.384 e. The van der Waals surface area contributed by atoms with Crippen molar-refractivity contribution in [2.75, 3.05) is 16.6 Å². The Balaban J connectivity index is 1.94. The lowest BCUT2D eigenvalue weighted by atomic mass is 10.2. The molecule has 0 saturated heterocycles. The maximum Gasteiger partial charge on any atom is 0.261 e. The van der Waals surface area contributed by atoms with Crippen molar-refractivity contribution in [2.45, 2.75) is 11.3 Å². The van der Waals surface area contributed by atoms with E-state index in [0.717, 1.165) is 30.4 Å². The van der Waals surface area contributed by atoms with Gasteiger partial charge in [-0.15, -0.1) is 0 Å². The second-order valence-electron chi connectivity index (χ2n) is 4.46. The Labute approximate surface area is 115 Å². The predicted molar refractivity (Wildman–Crippen MR) is 73.6 cm³/mol. The van der Waals surface area contributed by atoms with Crippen molar-refractivity contribution in [1.82, 2.24) is 4.98 Å². The number of sulfonamides is 1. The van der Waals surface area contributed by atoms with Gasteiger partial charge in [0.2, 0.25) is 0 Å². The molecule has 7 heteroatoms. The topological polar surface area (TPSA) is 71.1 Å². The minimum atomic E-state index is -3.80. The first kappa shape index (κ1) is 12.9. The summed E-state index contributed by atoms with van der Waals surface area (Å²) in [6.45, 7) is 0.797. The van der Waals surface area contributed by atoms with E-state index in [9.17, 15) is 12.8 Å². The summed E-state index contributed by atoms with van der Waals surface area (Å²) in [5.41, 5.74) is 1.78. The van der Waals surface area contributed by atoms with Gasteiger partial charge in [-0.25, -0.2) is 12.8 Å². The molecule has 1 aliphatic rings. The van der Waals surface area contributed by atoms with Crippen molar-refractivity contribution in [3.05, 3.63) is 48.0 Å². The van der Waals surface area contributed by atoms with E-state index in [1.165, 1.54) is 18.3 Å². The average Bonchev–Trinajstić information content (AvgIpc) is 2.88. The van der Waals surface area contributed by atoms with Gasteiger partial charge in [0.15, 0.2) is 5.82 Å². The Bertz CT molecular complexity index is 762. The molecule has 3 rings (SSSR count). The average molecular weight is 293 g/mol. The maximum absolute atomic E-state index is 13.5. The Morgan fingerprint density at radius 1 is 1.30 bits per heavy atom. The Hall–Kier alpha value is -2.15. The van der Waals surface area contributed by atoms with Crippen molar-refractivity contribution >= 4 is 21.4 Å². The number of nitrogens with zero attached hydrogens (tertiary/aromatic N) is 1. The molecule has 5 nitrogen and oxygen atoms in total. The maximum atomic E-state index is 13.5. The third kappa shape index (κ3) is 2.32. The standard InChI is InChI=1S/C13H12FN3O2S/c14-11-8-15-5-4-13(11)17-20(18,19)10-1-2-12-9(7-10)3-6-16-12/h1-2,4-5,7-8,16H,3,6H2,(H,15,17). The van der Waals surface area contributed by atoms with E-state index in [-0.39, 0.29) is 10.6 Å². The third-order valence-electron chi connectivity index (χ3n) is 3.11. The van der Waals surface area contributed by atoms with Gasteiger partial charge in [-0.3, -0.25) is 9.71 Å². The van der Waals surface area contributed by atoms with Gasteiger partial charge in [0, 0.05) is 18.4 Å². The summed E-state index contributed by atoms with van der Waals surface area (Å²) in [5, 5.41) is 3.15. The van der Waals surface area contributed by atoms with E-state index >= 15 is 0 Å². The molecule has 104 valence electrons. The highest BCUT2D eigenvalue weighted by Crippen LogP contribution is 2.26. The largest absolute Gasteiger partial charge is 0.384 e. The van der Waals surface area contributed by atoms with Gasteiger partial charge in [-0.2, -0.15) is 0 Å². The van der Waals surface area contributed by atoms with Crippen LogP contribution in [0.4, 0.5) is 15.8 Å². The Kier molecular flexibility index (Phi) is 3.06. The monoisotopic (exact) mass is 293 g/mol. The molecule has 2 heterocycles. The molecule has 20 heavy (non-hydrogen) atoms. The molecular weight excluding hydrogens is 281 g/mol. The highest BCUT2D eigenvalue weighted by molar-refractivity contribution is 7.92. The zero-order valence-corrected chi connectivity index (χ0v) is 11.2. The Morgan fingerprint density at radius 3 is 2.95 bits per heavy atom. The number of pyridine rings is 1. The second kappa shape index (κ2) is 4.75. The summed E-state index contributed by atoms with van der Waals surface area (Å²) in [4.78, 5) is 3.70. The molecule has 0 radical (unpaired) electrons. The van der Waals surface area contributed by atoms with Crippen LogP contribution in [0, 0.1) is 5.82 Å². The third-order valence-corrected chi connectivity index (χ3v) is 4.48. The first-order chi connectivity index (χ1) is 9.56. The van der Waals surface area contributed by atoms with E-state index in [1.54, 1.807) is 12.1 Å². The summed E-state index contributed by atoms with van der Waals surface area (Å²) in [6.07, 6.45) is 3.07. The molecule has 0 aliphatic carbocycles. The molecule has 1 aromatic heterocycles. The van der Waals surface area contributed by atoms with Crippen LogP contribution in [-0.4, -0.2) is 19.9 Å². The van der Waals surface area contributed by atoms with Crippen LogP contribution in [0.1, 0.15) is 5.56 Å². The highest BCUT2D eigenvalue weighted by atomic mass is 32.2. The molecule has 1 aromatic carbocycles. The normalized spacial score (nSPS) is 13.7. The van der Waals surface area contributed by atoms with Crippen LogP contribution in [0.3, 0.4) is 0 Å². The van der Waals surface area contributed by atoms with Crippen LogP contribution in [0.15, 0.2) is 41.6 Å². The molecule has 0 bridgehead atoms. The number of hydrogen-bond donors (Lipinski definition) is 2. The number of hydrogen-bond acceptors (Lipinski definition) is 4. The lowest BCUT2D eigenvalue weighted by Crippen LogP contribution is -2.14. The summed E-state index contributed by atoms with van der Waals surface area (Å²) >= 11 is 0. The summed E-state index contributed by atoms with van der Waals surface area (Å²) in [6, 6.07) is 6.11. The van der Waals surface area contributed by atoms with Gasteiger partial charge >= 0.3 is 0 Å². The van der Waals surface area contributed by atoms with E-state index in [0.29, 0.717) is 0 Å². The quantitative estimate of drug-likeness (QED) is 0.908. The first-order valence-electron chi connectivity index (χ1n) is 6.05. The van der Waals surface area contributed by atoms with Gasteiger partial charge in [-0.05, 0) is 36.2 Å². The van der Waals surface area contributed by atoms with Gasteiger partial charge in [0.1, 0.15) is 0 Å². The van der Waals surface area contributed by atoms with Crippen molar-refractivity contribution in [2.24, 2.45) is 0 Å². The molecule has 0 unspecified atom stereocenters. The first-order valence-corrected chi connectivity index (χ1v) is 7.54. The lowest BCUT2D eigenvalue weighted by molar-refractivity contribution is 0.598. The number of aromatic nitrogens is 1. The second-order valence-corrected chi connectivity index (χ2v) is 6.14. The van der Waals surface area contributed by atoms with Gasteiger partial charge in [0.25, 0.3) is 10.0 Å². The van der Waals surface area contributed by atoms with Crippen LogP contribution in [-0.2, 0) is 16.4 Å². The number of halogens is 1. The summed E-state index contributed by atoms with van der Waals surface area (Å²) < 4.78 is 40.2. The van der Waals surface area contributed by atoms with E-state index in [4.69, 9.17) is 0 Å². The van der Waals surface area contributed by atoms with Crippen molar-refractivity contribution < 1.29 is 12.8 Å². The summed E-state index contributed by atoms with van der Waals surface area (Å²) in [5.74, 6) is -0.709. The fraction of sp³-hybridized carbons (Fsp3) is 0.154. The fourth-order valence-corrected chi connectivity index (χ4v) is 3.23. The Morgan fingerprint density at radius 2 is 2.15 bits per heavy atom. The smallest absolute Gasteiger partial charge is 0.261 e. The number of nitrogens with one attached hydrogen (secondary N) is 2. The molecule has 0 fully saturated rings. The fourth-order valence-electron chi connectivity index (χ4n) is 2.11. The van der Waals surface area contributed by atoms with Crippen molar-refractivity contribution in [3.63, 3.8) is 0 Å². The van der Waals surface area contributed by atoms with Crippen molar-refractivity contribution in [1.29, 1.82) is 0 Å². The van der Waals surface area contributed by atoms with Gasteiger partial charge in [0.05, 0.1) is 16.8 Å². The molecule has 1 aliphatic heterocycles. The summed E-state index contributed by atoms with van der Waals surface area (Å²) in [7, 11) is -3.80. The van der Waals surface area contributed by atoms with Crippen LogP contribution >= 0.6 is 0 Å². The number of anilines is 2. The van der Waals surface area contributed by atoms with Gasteiger partial charge in [-0.1, -0.05) is 0 Å². The van der Waals surface area contributed by atoms with E-state index in [2.05, 4.69) is 15.0 Å². The van der Waals surface area contributed by atoms with Crippen molar-refractivity contribution in [3.8, 4) is 0 Å². The molecule has 0 atom stereocenters. The van der Waals surface area contributed by atoms with Gasteiger partial charge < -0.3 is 5.32 Å². The van der Waals surface area contributed by atoms with Crippen LogP contribution in [0.5, 0.6) is 0 Å². The molecule has 2 aromatic rings. The predicted octanol–water partition coefficient (Wildman–Crippen LogP) is 1.99. The lowest BCUT2D eigenvalue weighted by Gasteiger charge is -2.09. The highest BCUT2D eigenvalue weighted by Gasteiger charge is 2.19. The number of benzene rings is 1. The molecular formula is C13H12FN3O2S.